The van der Waals surface area contributed by atoms with Crippen molar-refractivity contribution < 1.29 is 0 Å². The summed E-state index contributed by atoms with van der Waals surface area (Å²) >= 11 is 0. The van der Waals surface area contributed by atoms with E-state index in [0.29, 0.717) is 5.92 Å². The summed E-state index contributed by atoms with van der Waals surface area (Å²) in [6.07, 6.45) is 7.62. The molecule has 0 aromatic carbocycles. The van der Waals surface area contributed by atoms with Crippen LogP contribution in [0.1, 0.15) is 24.3 Å². The Morgan fingerprint density at radius 3 is 3.00 bits per heavy atom. The fraction of sp³-hybridized carbons (Fsp3) is 0.417. The van der Waals surface area contributed by atoms with Crippen LogP contribution in [0, 0.1) is 0 Å². The third-order valence-electron chi connectivity index (χ3n) is 3.19. The first-order valence-corrected chi connectivity index (χ1v) is 5.95. The minimum absolute atomic E-state index is 0.598. The predicted molar refractivity (Wildman–Crippen MR) is 64.0 cm³/mol. The van der Waals surface area contributed by atoms with Gasteiger partial charge in [-0.25, -0.2) is 14.6 Å². The summed E-state index contributed by atoms with van der Waals surface area (Å²) in [7, 11) is 0. The van der Waals surface area contributed by atoms with Crippen LogP contribution >= 0.6 is 0 Å². The second-order valence-corrected chi connectivity index (χ2v) is 4.33. The van der Waals surface area contributed by atoms with E-state index in [1.807, 2.05) is 12.3 Å². The fourth-order valence-corrected chi connectivity index (χ4v) is 2.24. The van der Waals surface area contributed by atoms with Gasteiger partial charge in [-0.1, -0.05) is 6.07 Å². The zero-order valence-corrected chi connectivity index (χ0v) is 9.58. The Balaban J connectivity index is 1.80. The number of pyridine rings is 1. The van der Waals surface area contributed by atoms with Crippen LogP contribution in [-0.4, -0.2) is 32.8 Å². The van der Waals surface area contributed by atoms with E-state index in [1.165, 1.54) is 24.7 Å². The molecule has 1 atom stereocenters. The largest absolute Gasteiger partial charge is 0.316 e. The molecule has 1 saturated heterocycles. The average Bonchev–Trinajstić information content (AvgIpc) is 2.94. The quantitative estimate of drug-likeness (QED) is 0.838. The molecule has 1 aliphatic heterocycles. The molecule has 0 amide bonds. The molecular weight excluding hydrogens is 214 g/mol. The minimum Gasteiger partial charge on any atom is -0.316 e. The fourth-order valence-electron chi connectivity index (χ4n) is 2.24. The molecule has 3 rings (SSSR count). The van der Waals surface area contributed by atoms with Crippen LogP contribution in [0.15, 0.2) is 31.0 Å². The standard InChI is InChI=1S/C12H15N5/c1-2-10(6-13-5-1)11-3-4-12(15-7-11)17-9-14-8-16-17/h3-4,7-10,13H,1-2,5-6H2. The highest BCUT2D eigenvalue weighted by Gasteiger charge is 2.15. The number of hydrogen-bond acceptors (Lipinski definition) is 4. The van der Waals surface area contributed by atoms with E-state index in [2.05, 4.69) is 26.4 Å². The molecule has 1 N–H and O–H groups in total. The third-order valence-corrected chi connectivity index (χ3v) is 3.19. The number of aromatic nitrogens is 4. The van der Waals surface area contributed by atoms with Crippen molar-refractivity contribution in [3.05, 3.63) is 36.5 Å². The summed E-state index contributed by atoms with van der Waals surface area (Å²) in [4.78, 5) is 8.34. The van der Waals surface area contributed by atoms with Gasteiger partial charge in [0.1, 0.15) is 12.7 Å². The van der Waals surface area contributed by atoms with Crippen molar-refractivity contribution in [3.63, 3.8) is 0 Å². The highest BCUT2D eigenvalue weighted by molar-refractivity contribution is 5.26. The van der Waals surface area contributed by atoms with Gasteiger partial charge in [0.15, 0.2) is 5.82 Å². The monoisotopic (exact) mass is 229 g/mol. The second kappa shape index (κ2) is 4.63. The van der Waals surface area contributed by atoms with Crippen LogP contribution < -0.4 is 5.32 Å². The number of nitrogens with one attached hydrogen (secondary N) is 1. The lowest BCUT2D eigenvalue weighted by Gasteiger charge is -2.22. The molecule has 5 nitrogen and oxygen atoms in total. The molecule has 1 fully saturated rings. The van der Waals surface area contributed by atoms with Gasteiger partial charge in [-0.15, -0.1) is 0 Å². The maximum absolute atomic E-state index is 4.43. The van der Waals surface area contributed by atoms with Crippen molar-refractivity contribution in [1.29, 1.82) is 0 Å². The van der Waals surface area contributed by atoms with E-state index in [-0.39, 0.29) is 0 Å². The molecule has 0 bridgehead atoms. The molecular formula is C12H15N5. The van der Waals surface area contributed by atoms with Crippen molar-refractivity contribution in [2.45, 2.75) is 18.8 Å². The normalized spacial score (nSPS) is 20.4. The second-order valence-electron chi connectivity index (χ2n) is 4.33. The Kier molecular flexibility index (Phi) is 2.83. The highest BCUT2D eigenvalue weighted by Crippen LogP contribution is 2.22. The van der Waals surface area contributed by atoms with Crippen molar-refractivity contribution in [2.75, 3.05) is 13.1 Å². The van der Waals surface area contributed by atoms with Crippen LogP contribution in [0.5, 0.6) is 0 Å². The molecule has 2 aromatic rings. The van der Waals surface area contributed by atoms with Gasteiger partial charge < -0.3 is 5.32 Å². The van der Waals surface area contributed by atoms with E-state index in [4.69, 9.17) is 0 Å². The Morgan fingerprint density at radius 1 is 1.35 bits per heavy atom. The molecule has 17 heavy (non-hydrogen) atoms. The smallest absolute Gasteiger partial charge is 0.155 e. The van der Waals surface area contributed by atoms with Crippen LogP contribution in [0.25, 0.3) is 5.82 Å². The number of piperidine rings is 1. The lowest BCUT2D eigenvalue weighted by atomic mass is 9.93. The number of rotatable bonds is 2. The first kappa shape index (κ1) is 10.4. The van der Waals surface area contributed by atoms with Crippen LogP contribution in [0.2, 0.25) is 0 Å². The molecule has 88 valence electrons. The van der Waals surface area contributed by atoms with E-state index >= 15 is 0 Å². The van der Waals surface area contributed by atoms with E-state index in [1.54, 1.807) is 11.0 Å². The SMILES string of the molecule is c1ncn(-c2ccc(C3CCCNC3)cn2)n1. The Hall–Kier alpha value is -1.75. The molecule has 1 aliphatic rings. The van der Waals surface area contributed by atoms with E-state index in [9.17, 15) is 0 Å². The molecule has 0 radical (unpaired) electrons. The lowest BCUT2D eigenvalue weighted by molar-refractivity contribution is 0.461. The highest BCUT2D eigenvalue weighted by atomic mass is 15.3. The Morgan fingerprint density at radius 2 is 2.35 bits per heavy atom. The summed E-state index contributed by atoms with van der Waals surface area (Å²) < 4.78 is 1.67. The van der Waals surface area contributed by atoms with Gasteiger partial charge in [0.2, 0.25) is 0 Å². The summed E-state index contributed by atoms with van der Waals surface area (Å²) in [5.74, 6) is 1.41. The minimum atomic E-state index is 0.598. The molecule has 0 aliphatic carbocycles. The topological polar surface area (TPSA) is 55.6 Å². The molecule has 0 saturated carbocycles. The molecule has 2 aromatic heterocycles. The maximum Gasteiger partial charge on any atom is 0.155 e. The summed E-state index contributed by atoms with van der Waals surface area (Å²) in [6, 6.07) is 4.14. The van der Waals surface area contributed by atoms with Gasteiger partial charge >= 0.3 is 0 Å². The molecule has 3 heterocycles. The van der Waals surface area contributed by atoms with Gasteiger partial charge in [-0.05, 0) is 36.9 Å². The zero-order valence-electron chi connectivity index (χ0n) is 9.58. The van der Waals surface area contributed by atoms with Gasteiger partial charge in [-0.2, -0.15) is 5.10 Å². The van der Waals surface area contributed by atoms with Gasteiger partial charge in [-0.3, -0.25) is 0 Å². The molecule has 0 spiro atoms. The maximum atomic E-state index is 4.43. The Bertz CT molecular complexity index is 456. The van der Waals surface area contributed by atoms with Gasteiger partial charge in [0, 0.05) is 12.7 Å². The lowest BCUT2D eigenvalue weighted by Crippen LogP contribution is -2.28. The zero-order chi connectivity index (χ0) is 11.5. The third kappa shape index (κ3) is 2.19. The average molecular weight is 229 g/mol. The van der Waals surface area contributed by atoms with Crippen molar-refractivity contribution >= 4 is 0 Å². The summed E-state index contributed by atoms with van der Waals surface area (Å²) in [6.45, 7) is 2.20. The van der Waals surface area contributed by atoms with Crippen LogP contribution in [0.4, 0.5) is 0 Å². The van der Waals surface area contributed by atoms with Gasteiger partial charge in [0.25, 0.3) is 0 Å². The number of nitrogens with zero attached hydrogens (tertiary/aromatic N) is 4. The predicted octanol–water partition coefficient (Wildman–Crippen LogP) is 1.13. The van der Waals surface area contributed by atoms with Crippen molar-refractivity contribution in [1.82, 2.24) is 25.1 Å². The summed E-state index contributed by atoms with van der Waals surface area (Å²) in [5.41, 5.74) is 1.31. The van der Waals surface area contributed by atoms with Gasteiger partial charge in [0.05, 0.1) is 0 Å². The molecule has 5 heteroatoms. The van der Waals surface area contributed by atoms with Crippen molar-refractivity contribution in [3.8, 4) is 5.82 Å². The summed E-state index contributed by atoms with van der Waals surface area (Å²) in [5, 5.41) is 7.48. The van der Waals surface area contributed by atoms with Crippen LogP contribution in [-0.2, 0) is 0 Å². The van der Waals surface area contributed by atoms with E-state index < -0.39 is 0 Å². The first-order valence-electron chi connectivity index (χ1n) is 5.95. The van der Waals surface area contributed by atoms with E-state index in [0.717, 1.165) is 18.9 Å². The van der Waals surface area contributed by atoms with Crippen molar-refractivity contribution in [2.24, 2.45) is 0 Å². The number of hydrogen-bond donors (Lipinski definition) is 1. The Labute approximate surface area is 99.9 Å². The first-order chi connectivity index (χ1) is 8.43. The molecule has 1 unspecified atom stereocenters. The van der Waals surface area contributed by atoms with Crippen LogP contribution in [0.3, 0.4) is 0 Å².